The number of hydrogen-bond donors (Lipinski definition) is 1. The van der Waals surface area contributed by atoms with Gasteiger partial charge in [0.1, 0.15) is 5.75 Å². The Kier molecular flexibility index (Phi) is 7.88. The second kappa shape index (κ2) is 11.2. The van der Waals surface area contributed by atoms with Crippen LogP contribution in [-0.4, -0.2) is 11.7 Å². The number of halogens is 2. The van der Waals surface area contributed by atoms with Gasteiger partial charge in [0.25, 0.3) is 0 Å². The van der Waals surface area contributed by atoms with Gasteiger partial charge >= 0.3 is 0 Å². The Morgan fingerprint density at radius 2 is 1.74 bits per heavy atom. The number of hydrogen-bond acceptors (Lipinski definition) is 3. The second-order valence-corrected chi connectivity index (χ2v) is 9.33. The van der Waals surface area contributed by atoms with Gasteiger partial charge in [-0.05, 0) is 65.4 Å². The maximum Gasteiger partial charge on any atom is 0.228 e. The molecule has 0 radical (unpaired) electrons. The van der Waals surface area contributed by atoms with E-state index >= 15 is 0 Å². The van der Waals surface area contributed by atoms with Crippen LogP contribution in [0.5, 0.6) is 11.5 Å². The van der Waals surface area contributed by atoms with Crippen molar-refractivity contribution in [3.8, 4) is 22.6 Å². The first kappa shape index (κ1) is 23.9. The molecule has 1 N–H and O–H groups in total. The molecule has 0 spiro atoms. The highest BCUT2D eigenvalue weighted by molar-refractivity contribution is 7.99. The average Bonchev–Trinajstić information content (AvgIpc) is 2.82. The lowest BCUT2D eigenvalue weighted by Gasteiger charge is -2.15. The van der Waals surface area contributed by atoms with Crippen molar-refractivity contribution in [3.05, 3.63) is 107 Å². The van der Waals surface area contributed by atoms with Crippen LogP contribution in [0.25, 0.3) is 11.1 Å². The minimum absolute atomic E-state index is 0.0966. The normalized spacial score (nSPS) is 10.7. The maximum atomic E-state index is 14.3. The number of para-hydroxylation sites is 1. The Labute approximate surface area is 207 Å². The Balaban J connectivity index is 1.58. The first-order valence-corrected chi connectivity index (χ1v) is 12.2. The van der Waals surface area contributed by atoms with Gasteiger partial charge in [-0.1, -0.05) is 54.9 Å². The molecule has 0 aliphatic carbocycles. The van der Waals surface area contributed by atoms with Crippen molar-refractivity contribution in [2.24, 2.45) is 0 Å². The lowest BCUT2D eigenvalue weighted by atomic mass is 10.0. The largest absolute Gasteiger partial charge is 0.454 e. The smallest absolute Gasteiger partial charge is 0.228 e. The average molecular weight is 492 g/mol. The number of thioether (sulfide) groups is 1. The van der Waals surface area contributed by atoms with Crippen molar-refractivity contribution in [3.63, 3.8) is 0 Å². The first-order valence-electron chi connectivity index (χ1n) is 10.9. The summed E-state index contributed by atoms with van der Waals surface area (Å²) >= 11 is 7.94. The van der Waals surface area contributed by atoms with Gasteiger partial charge in [0, 0.05) is 27.2 Å². The van der Waals surface area contributed by atoms with E-state index in [0.717, 1.165) is 22.4 Å². The van der Waals surface area contributed by atoms with Gasteiger partial charge < -0.3 is 10.1 Å². The summed E-state index contributed by atoms with van der Waals surface area (Å²) in [6.45, 7) is 2.10. The van der Waals surface area contributed by atoms with Crippen molar-refractivity contribution in [2.75, 3.05) is 11.1 Å². The number of benzene rings is 4. The third-order valence-corrected chi connectivity index (χ3v) is 6.19. The van der Waals surface area contributed by atoms with Crippen molar-refractivity contribution >= 4 is 35.0 Å². The lowest BCUT2D eigenvalue weighted by Crippen LogP contribution is -2.14. The highest BCUT2D eigenvalue weighted by atomic mass is 35.5. The number of rotatable bonds is 8. The topological polar surface area (TPSA) is 38.3 Å². The number of anilines is 1. The van der Waals surface area contributed by atoms with Crippen molar-refractivity contribution < 1.29 is 13.9 Å². The molecule has 4 aromatic rings. The highest BCUT2D eigenvalue weighted by Crippen LogP contribution is 2.37. The van der Waals surface area contributed by atoms with Gasteiger partial charge in [0.05, 0.1) is 6.42 Å². The van der Waals surface area contributed by atoms with E-state index < -0.39 is 5.82 Å². The van der Waals surface area contributed by atoms with Gasteiger partial charge in [0.2, 0.25) is 5.91 Å². The number of carbonyl (C=O) groups is 1. The Morgan fingerprint density at radius 3 is 2.47 bits per heavy atom. The molecule has 0 saturated heterocycles. The Morgan fingerprint density at radius 1 is 0.941 bits per heavy atom. The van der Waals surface area contributed by atoms with Gasteiger partial charge in [-0.3, -0.25) is 4.79 Å². The molecule has 0 saturated carbocycles. The molecule has 4 rings (SSSR count). The van der Waals surface area contributed by atoms with E-state index in [0.29, 0.717) is 16.5 Å². The van der Waals surface area contributed by atoms with Crippen LogP contribution in [0.1, 0.15) is 12.5 Å². The number of carbonyl (C=O) groups excluding carboxylic acids is 1. The molecular weight excluding hydrogens is 469 g/mol. The van der Waals surface area contributed by atoms with Crippen molar-refractivity contribution in [1.82, 2.24) is 0 Å². The van der Waals surface area contributed by atoms with Gasteiger partial charge in [0.15, 0.2) is 11.6 Å². The number of nitrogens with one attached hydrogen (secondary N) is 1. The fraction of sp³-hybridized carbons (Fsp3) is 0.107. The van der Waals surface area contributed by atoms with Crippen LogP contribution in [0.4, 0.5) is 10.1 Å². The van der Waals surface area contributed by atoms with E-state index in [9.17, 15) is 9.18 Å². The summed E-state index contributed by atoms with van der Waals surface area (Å²) in [5.74, 6) is 0.884. The molecule has 0 unspecified atom stereocenters. The SMILES string of the molecule is CCSc1ccc(CC(=O)Nc2ccc(-c3cccc(Cl)c3)c(Oc3ccccc3F)c2)cc1. The van der Waals surface area contributed by atoms with E-state index in [2.05, 4.69) is 12.2 Å². The standard InChI is InChI=1S/C28H23ClFNO2S/c1-2-34-23-13-10-19(11-14-23)16-28(32)31-22-12-15-24(20-6-5-7-21(29)17-20)27(18-22)33-26-9-4-3-8-25(26)30/h3-15,17-18H,2,16H2,1H3,(H,31,32). The third-order valence-electron chi connectivity index (χ3n) is 5.06. The van der Waals surface area contributed by atoms with E-state index in [4.69, 9.17) is 16.3 Å². The fourth-order valence-corrected chi connectivity index (χ4v) is 4.34. The second-order valence-electron chi connectivity index (χ2n) is 7.56. The maximum absolute atomic E-state index is 14.3. The number of amides is 1. The van der Waals surface area contributed by atoms with Crippen LogP contribution >= 0.6 is 23.4 Å². The minimum atomic E-state index is -0.473. The van der Waals surface area contributed by atoms with Crippen LogP contribution in [0.2, 0.25) is 5.02 Å². The molecule has 0 aromatic heterocycles. The first-order chi connectivity index (χ1) is 16.5. The lowest BCUT2D eigenvalue weighted by molar-refractivity contribution is -0.115. The quantitative estimate of drug-likeness (QED) is 0.252. The van der Waals surface area contributed by atoms with Crippen LogP contribution in [0, 0.1) is 5.82 Å². The van der Waals surface area contributed by atoms with Gasteiger partial charge in [-0.15, -0.1) is 11.8 Å². The van der Waals surface area contributed by atoms with Crippen LogP contribution in [0.15, 0.2) is 95.9 Å². The molecule has 0 fully saturated rings. The molecule has 0 atom stereocenters. The summed E-state index contributed by atoms with van der Waals surface area (Å²) in [5.41, 5.74) is 3.03. The van der Waals surface area contributed by atoms with E-state index in [1.54, 1.807) is 48.2 Å². The van der Waals surface area contributed by atoms with E-state index in [1.165, 1.54) is 11.0 Å². The van der Waals surface area contributed by atoms with Crippen molar-refractivity contribution in [2.45, 2.75) is 18.2 Å². The summed E-state index contributed by atoms with van der Waals surface area (Å²) in [6, 6.07) is 26.8. The molecule has 3 nitrogen and oxygen atoms in total. The zero-order valence-electron chi connectivity index (χ0n) is 18.6. The van der Waals surface area contributed by atoms with Crippen LogP contribution < -0.4 is 10.1 Å². The van der Waals surface area contributed by atoms with Gasteiger partial charge in [-0.2, -0.15) is 0 Å². The molecule has 4 aromatic carbocycles. The number of ether oxygens (including phenoxy) is 1. The molecule has 0 aliphatic heterocycles. The zero-order chi connectivity index (χ0) is 23.9. The molecule has 34 heavy (non-hydrogen) atoms. The van der Waals surface area contributed by atoms with Gasteiger partial charge in [-0.25, -0.2) is 4.39 Å². The molecule has 172 valence electrons. The van der Waals surface area contributed by atoms with Crippen LogP contribution in [0.3, 0.4) is 0 Å². The van der Waals surface area contributed by atoms with E-state index in [1.807, 2.05) is 48.5 Å². The predicted molar refractivity (Wildman–Crippen MR) is 139 cm³/mol. The summed E-state index contributed by atoms with van der Waals surface area (Å²) in [4.78, 5) is 13.9. The molecule has 0 aliphatic rings. The zero-order valence-corrected chi connectivity index (χ0v) is 20.1. The Bertz CT molecular complexity index is 1290. The summed E-state index contributed by atoms with van der Waals surface area (Å²) < 4.78 is 20.2. The monoisotopic (exact) mass is 491 g/mol. The van der Waals surface area contributed by atoms with Crippen LogP contribution in [-0.2, 0) is 11.2 Å². The highest BCUT2D eigenvalue weighted by Gasteiger charge is 2.13. The molecule has 6 heteroatoms. The summed E-state index contributed by atoms with van der Waals surface area (Å²) in [6.07, 6.45) is 0.247. The molecule has 1 amide bonds. The van der Waals surface area contributed by atoms with Crippen molar-refractivity contribution in [1.29, 1.82) is 0 Å². The summed E-state index contributed by atoms with van der Waals surface area (Å²) in [7, 11) is 0. The predicted octanol–water partition coefficient (Wildman–Crippen LogP) is 8.23. The third kappa shape index (κ3) is 6.19. The van der Waals surface area contributed by atoms with E-state index in [-0.39, 0.29) is 18.1 Å². The minimum Gasteiger partial charge on any atom is -0.454 e. The molecule has 0 bridgehead atoms. The Hall–Kier alpha value is -3.28. The fourth-order valence-electron chi connectivity index (χ4n) is 3.49. The summed E-state index contributed by atoms with van der Waals surface area (Å²) in [5, 5.41) is 3.50. The molecule has 0 heterocycles. The molecular formula is C28H23ClFNO2S.